The fourth-order valence-electron chi connectivity index (χ4n) is 4.63. The van der Waals surface area contributed by atoms with Crippen molar-refractivity contribution in [3.63, 3.8) is 0 Å². The maximum atomic E-state index is 12.7. The van der Waals surface area contributed by atoms with Crippen molar-refractivity contribution in [1.82, 2.24) is 15.2 Å². The summed E-state index contributed by atoms with van der Waals surface area (Å²) in [4.78, 5) is 32.8. The smallest absolute Gasteiger partial charge is 0.261 e. The van der Waals surface area contributed by atoms with Crippen LogP contribution in [0.25, 0.3) is 0 Å². The van der Waals surface area contributed by atoms with Gasteiger partial charge in [-0.05, 0) is 43.3 Å². The van der Waals surface area contributed by atoms with Crippen molar-refractivity contribution >= 4 is 11.6 Å². The van der Waals surface area contributed by atoms with Gasteiger partial charge in [-0.25, -0.2) is 0 Å². The third-order valence-corrected chi connectivity index (χ3v) is 6.54. The number of hydrogen-bond acceptors (Lipinski definition) is 7. The number of nitrogens with one attached hydrogen (secondary N) is 2. The van der Waals surface area contributed by atoms with Crippen molar-refractivity contribution < 1.29 is 19.0 Å². The minimum absolute atomic E-state index is 0.0817. The van der Waals surface area contributed by atoms with E-state index in [9.17, 15) is 9.59 Å². The monoisotopic (exact) mass is 504 g/mol. The minimum Gasteiger partial charge on any atom is -0.492 e. The van der Waals surface area contributed by atoms with Gasteiger partial charge in [0, 0.05) is 38.4 Å². The van der Waals surface area contributed by atoms with Crippen LogP contribution in [-0.2, 0) is 6.54 Å². The second kappa shape index (κ2) is 11.4. The van der Waals surface area contributed by atoms with E-state index >= 15 is 0 Å². The number of aromatic nitrogens is 1. The quantitative estimate of drug-likeness (QED) is 0.487. The number of amides is 1. The van der Waals surface area contributed by atoms with Gasteiger partial charge in [0.2, 0.25) is 0 Å². The number of aromatic amines is 1. The number of ether oxygens (including phenoxy) is 3. The van der Waals surface area contributed by atoms with Crippen molar-refractivity contribution in [3.8, 4) is 17.2 Å². The molecule has 0 bridgehead atoms. The van der Waals surface area contributed by atoms with Crippen LogP contribution in [0.15, 0.2) is 65.5 Å². The summed E-state index contributed by atoms with van der Waals surface area (Å²) in [6.45, 7) is 7.26. The van der Waals surface area contributed by atoms with E-state index < -0.39 is 11.5 Å². The second-order valence-electron chi connectivity index (χ2n) is 9.10. The molecule has 9 nitrogen and oxygen atoms in total. The molecule has 0 aliphatic carbocycles. The van der Waals surface area contributed by atoms with Gasteiger partial charge in [-0.2, -0.15) is 0 Å². The summed E-state index contributed by atoms with van der Waals surface area (Å²) < 4.78 is 17.3. The lowest BCUT2D eigenvalue weighted by Gasteiger charge is -2.36. The normalized spacial score (nSPS) is 17.3. The molecule has 37 heavy (non-hydrogen) atoms. The lowest BCUT2D eigenvalue weighted by Crippen LogP contribution is -2.46. The molecule has 2 aliphatic heterocycles. The summed E-state index contributed by atoms with van der Waals surface area (Å²) in [5, 5.41) is 2.78. The molecule has 1 saturated heterocycles. The first-order valence-electron chi connectivity index (χ1n) is 12.7. The predicted octanol–water partition coefficient (Wildman–Crippen LogP) is 2.67. The van der Waals surface area contributed by atoms with Gasteiger partial charge in [0.25, 0.3) is 11.5 Å². The Morgan fingerprint density at radius 1 is 1.03 bits per heavy atom. The topological polar surface area (TPSA) is 96.1 Å². The molecule has 2 aromatic carbocycles. The van der Waals surface area contributed by atoms with E-state index in [-0.39, 0.29) is 18.2 Å². The van der Waals surface area contributed by atoms with E-state index in [0.29, 0.717) is 31.3 Å². The molecule has 2 N–H and O–H groups in total. The third kappa shape index (κ3) is 5.89. The average Bonchev–Trinajstić information content (AvgIpc) is 2.93. The molecule has 1 aromatic heterocycles. The molecule has 1 amide bonds. The molecule has 2 aliphatic rings. The van der Waals surface area contributed by atoms with E-state index in [1.807, 2.05) is 55.5 Å². The van der Waals surface area contributed by atoms with Gasteiger partial charge < -0.3 is 29.4 Å². The number of H-pyrrole nitrogens is 1. The van der Waals surface area contributed by atoms with Crippen molar-refractivity contribution in [1.29, 1.82) is 0 Å². The van der Waals surface area contributed by atoms with Gasteiger partial charge in [0.15, 0.2) is 11.5 Å². The van der Waals surface area contributed by atoms with Gasteiger partial charge in [-0.3, -0.25) is 14.5 Å². The van der Waals surface area contributed by atoms with Gasteiger partial charge >= 0.3 is 0 Å². The number of anilines is 1. The van der Waals surface area contributed by atoms with E-state index in [4.69, 9.17) is 14.2 Å². The van der Waals surface area contributed by atoms with E-state index in [1.54, 1.807) is 6.07 Å². The molecule has 3 heterocycles. The molecule has 1 fully saturated rings. The largest absolute Gasteiger partial charge is 0.492 e. The highest BCUT2D eigenvalue weighted by Gasteiger charge is 2.23. The third-order valence-electron chi connectivity index (χ3n) is 6.54. The van der Waals surface area contributed by atoms with Gasteiger partial charge in [0.05, 0.1) is 18.8 Å². The number of piperazine rings is 1. The summed E-state index contributed by atoms with van der Waals surface area (Å²) in [6.07, 6.45) is -0.323. The van der Waals surface area contributed by atoms with Gasteiger partial charge in [0.1, 0.15) is 24.0 Å². The maximum Gasteiger partial charge on any atom is 0.261 e. The molecule has 0 unspecified atom stereocenters. The molecule has 194 valence electrons. The highest BCUT2D eigenvalue weighted by Crippen LogP contribution is 2.31. The zero-order valence-electron chi connectivity index (χ0n) is 20.9. The van der Waals surface area contributed by atoms with Gasteiger partial charge in [-0.15, -0.1) is 0 Å². The number of benzene rings is 2. The Bertz CT molecular complexity index is 1290. The molecule has 1 atom stereocenters. The summed E-state index contributed by atoms with van der Waals surface area (Å²) in [5.74, 6) is 1.81. The van der Waals surface area contributed by atoms with Crippen LogP contribution in [-0.4, -0.2) is 67.8 Å². The predicted molar refractivity (Wildman–Crippen MR) is 141 cm³/mol. The van der Waals surface area contributed by atoms with E-state index in [1.165, 1.54) is 0 Å². The molecule has 5 rings (SSSR count). The Morgan fingerprint density at radius 2 is 1.78 bits per heavy atom. The molecule has 0 saturated carbocycles. The lowest BCUT2D eigenvalue weighted by atomic mass is 10.2. The first-order valence-corrected chi connectivity index (χ1v) is 12.7. The van der Waals surface area contributed by atoms with E-state index in [2.05, 4.69) is 26.2 Å². The van der Waals surface area contributed by atoms with Crippen LogP contribution in [0.5, 0.6) is 17.2 Å². The number of para-hydroxylation sites is 4. The first kappa shape index (κ1) is 24.7. The Labute approximate surface area is 216 Å². The average molecular weight is 505 g/mol. The summed E-state index contributed by atoms with van der Waals surface area (Å²) in [5.41, 5.74) is 1.58. The second-order valence-corrected chi connectivity index (χ2v) is 9.10. The van der Waals surface area contributed by atoms with Crippen LogP contribution in [0.4, 0.5) is 5.69 Å². The van der Waals surface area contributed by atoms with Crippen LogP contribution < -0.4 is 30.0 Å². The maximum absolute atomic E-state index is 12.7. The summed E-state index contributed by atoms with van der Waals surface area (Å²) in [6, 6.07) is 18.9. The van der Waals surface area contributed by atoms with Crippen molar-refractivity contribution in [2.45, 2.75) is 19.6 Å². The molecule has 3 aromatic rings. The Morgan fingerprint density at radius 3 is 2.57 bits per heavy atom. The number of carbonyl (C=O) groups is 1. The Kier molecular flexibility index (Phi) is 7.60. The zero-order chi connectivity index (χ0) is 25.6. The number of nitrogens with zero attached hydrogens (tertiary/aromatic N) is 2. The summed E-state index contributed by atoms with van der Waals surface area (Å²) >= 11 is 0. The fraction of sp³-hybridized carbons (Fsp3) is 0.357. The van der Waals surface area contributed by atoms with Crippen molar-refractivity contribution in [2.75, 3.05) is 50.8 Å². The Balaban J connectivity index is 1.12. The number of pyridine rings is 1. The van der Waals surface area contributed by atoms with Crippen LogP contribution in [0.1, 0.15) is 23.0 Å². The highest BCUT2D eigenvalue weighted by molar-refractivity contribution is 5.93. The van der Waals surface area contributed by atoms with Crippen molar-refractivity contribution in [3.05, 3.63) is 82.3 Å². The van der Waals surface area contributed by atoms with Gasteiger partial charge in [-0.1, -0.05) is 24.3 Å². The van der Waals surface area contributed by atoms with Crippen LogP contribution in [0.2, 0.25) is 0 Å². The molecular weight excluding hydrogens is 472 g/mol. The standard InChI is InChI=1S/C28H32N4O5/c1-2-35-24-8-4-3-7-23(24)32-15-13-31(14-16-32)18-20-11-12-22(28(34)30-20)27(33)29-17-21-19-36-25-9-5-6-10-26(25)37-21/h3-12,21H,2,13-19H2,1H3,(H,29,33)(H,30,34)/t21-/m0/s1. The lowest BCUT2D eigenvalue weighted by molar-refractivity contribution is 0.0788. The minimum atomic E-state index is -0.433. The van der Waals surface area contributed by atoms with Crippen LogP contribution in [0, 0.1) is 0 Å². The SMILES string of the molecule is CCOc1ccccc1N1CCN(Cc2ccc(C(=O)NC[C@H]3COc4ccccc4O3)c(=O)[nH]2)CC1. The Hall–Kier alpha value is -3.98. The van der Waals surface area contributed by atoms with Crippen molar-refractivity contribution in [2.24, 2.45) is 0 Å². The highest BCUT2D eigenvalue weighted by atomic mass is 16.6. The van der Waals surface area contributed by atoms with Crippen LogP contribution >= 0.6 is 0 Å². The van der Waals surface area contributed by atoms with E-state index in [0.717, 1.165) is 43.3 Å². The molecular formula is C28H32N4O5. The zero-order valence-corrected chi connectivity index (χ0v) is 20.9. The molecule has 0 radical (unpaired) electrons. The molecule has 9 heteroatoms. The van der Waals surface area contributed by atoms with Crippen LogP contribution in [0.3, 0.4) is 0 Å². The summed E-state index contributed by atoms with van der Waals surface area (Å²) in [7, 11) is 0. The first-order chi connectivity index (χ1) is 18.1. The number of carbonyl (C=O) groups excluding carboxylic acids is 1. The fourth-order valence-corrected chi connectivity index (χ4v) is 4.63. The number of hydrogen-bond donors (Lipinski definition) is 2. The number of rotatable bonds is 8. The molecule has 0 spiro atoms. The number of fused-ring (bicyclic) bond motifs is 1.